The van der Waals surface area contributed by atoms with Crippen LogP contribution in [0.15, 0.2) is 36.0 Å². The van der Waals surface area contributed by atoms with E-state index in [2.05, 4.69) is 0 Å². The van der Waals surface area contributed by atoms with Crippen molar-refractivity contribution in [1.29, 1.82) is 0 Å². The average molecular weight is 136 g/mol. The van der Waals surface area contributed by atoms with E-state index in [0.717, 1.165) is 11.9 Å². The second-order valence-electron chi connectivity index (χ2n) is 1.93. The Hall–Kier alpha value is -1.11. The van der Waals surface area contributed by atoms with Crippen molar-refractivity contribution in [2.24, 2.45) is 0 Å². The minimum absolute atomic E-state index is 0.787. The van der Waals surface area contributed by atoms with E-state index < -0.39 is 0 Å². The number of carbonyl (C=O) groups excluding carboxylic acids is 1. The minimum atomic E-state index is 0.787. The average Bonchev–Trinajstić information content (AvgIpc) is 1.89. The van der Waals surface area contributed by atoms with Crippen LogP contribution in [0.25, 0.3) is 0 Å². The fourth-order valence-corrected chi connectivity index (χ4v) is 0.481. The summed E-state index contributed by atoms with van der Waals surface area (Å²) in [6, 6.07) is 0. The van der Waals surface area contributed by atoms with Crippen LogP contribution in [-0.4, -0.2) is 6.29 Å². The van der Waals surface area contributed by atoms with Crippen molar-refractivity contribution in [3.05, 3.63) is 36.0 Å². The quantitative estimate of drug-likeness (QED) is 0.330. The van der Waals surface area contributed by atoms with Gasteiger partial charge in [0.2, 0.25) is 0 Å². The molecule has 0 atom stereocenters. The molecule has 0 saturated heterocycles. The Morgan fingerprint density at radius 3 is 2.50 bits per heavy atom. The lowest BCUT2D eigenvalue weighted by Gasteiger charge is -1.82. The SMILES string of the molecule is CC=CC=CC(C)=CC=O. The van der Waals surface area contributed by atoms with Crippen LogP contribution in [0, 0.1) is 0 Å². The molecule has 0 saturated carbocycles. The molecule has 0 fully saturated rings. The second kappa shape index (κ2) is 6.02. The van der Waals surface area contributed by atoms with Gasteiger partial charge in [0.15, 0.2) is 0 Å². The van der Waals surface area contributed by atoms with Gasteiger partial charge in [-0.05, 0) is 25.5 Å². The molecule has 1 nitrogen and oxygen atoms in total. The number of rotatable bonds is 3. The number of allylic oxidation sites excluding steroid dienone is 6. The van der Waals surface area contributed by atoms with Gasteiger partial charge < -0.3 is 0 Å². The van der Waals surface area contributed by atoms with Crippen LogP contribution in [-0.2, 0) is 4.79 Å². The fourth-order valence-electron chi connectivity index (χ4n) is 0.481. The number of carbonyl (C=O) groups is 1. The summed E-state index contributed by atoms with van der Waals surface area (Å²) in [7, 11) is 0. The van der Waals surface area contributed by atoms with Crippen LogP contribution >= 0.6 is 0 Å². The Kier molecular flexibility index (Phi) is 5.35. The van der Waals surface area contributed by atoms with Gasteiger partial charge in [-0.1, -0.05) is 24.3 Å². The summed E-state index contributed by atoms with van der Waals surface area (Å²) in [5.74, 6) is 0. The maximum absolute atomic E-state index is 9.92. The van der Waals surface area contributed by atoms with Gasteiger partial charge in [-0.25, -0.2) is 0 Å². The molecule has 0 aromatic rings. The zero-order chi connectivity index (χ0) is 7.82. The molecule has 0 aliphatic carbocycles. The summed E-state index contributed by atoms with van der Waals surface area (Å²) in [6.45, 7) is 3.83. The van der Waals surface area contributed by atoms with Gasteiger partial charge >= 0.3 is 0 Å². The van der Waals surface area contributed by atoms with Crippen LogP contribution in [0.5, 0.6) is 0 Å². The Morgan fingerprint density at radius 2 is 2.00 bits per heavy atom. The molecule has 0 bridgehead atoms. The highest BCUT2D eigenvalue weighted by molar-refractivity contribution is 5.66. The van der Waals surface area contributed by atoms with E-state index in [9.17, 15) is 4.79 Å². The van der Waals surface area contributed by atoms with Crippen molar-refractivity contribution in [2.45, 2.75) is 13.8 Å². The van der Waals surface area contributed by atoms with Gasteiger partial charge in [0.25, 0.3) is 0 Å². The standard InChI is InChI=1S/C9H12O/c1-3-4-5-6-9(2)7-8-10/h3-8H,1-2H3. The van der Waals surface area contributed by atoms with Gasteiger partial charge in [0, 0.05) is 0 Å². The lowest BCUT2D eigenvalue weighted by atomic mass is 10.2. The van der Waals surface area contributed by atoms with E-state index >= 15 is 0 Å². The third-order valence-electron chi connectivity index (χ3n) is 0.994. The molecular formula is C9H12O. The predicted molar refractivity (Wildman–Crippen MR) is 43.8 cm³/mol. The van der Waals surface area contributed by atoms with Crippen LogP contribution in [0.4, 0.5) is 0 Å². The topological polar surface area (TPSA) is 17.1 Å². The van der Waals surface area contributed by atoms with Crippen LogP contribution in [0.3, 0.4) is 0 Å². The van der Waals surface area contributed by atoms with E-state index in [4.69, 9.17) is 0 Å². The molecule has 10 heavy (non-hydrogen) atoms. The number of hydrogen-bond acceptors (Lipinski definition) is 1. The first-order chi connectivity index (χ1) is 4.81. The van der Waals surface area contributed by atoms with Crippen LogP contribution in [0.2, 0.25) is 0 Å². The summed E-state index contributed by atoms with van der Waals surface area (Å²) in [6.07, 6.45) is 9.95. The van der Waals surface area contributed by atoms with Gasteiger partial charge in [-0.15, -0.1) is 0 Å². The second-order valence-corrected chi connectivity index (χ2v) is 1.93. The number of aldehydes is 1. The lowest BCUT2D eigenvalue weighted by Crippen LogP contribution is -1.67. The molecule has 0 aliphatic rings. The monoisotopic (exact) mass is 136 g/mol. The summed E-state index contributed by atoms with van der Waals surface area (Å²) in [5, 5.41) is 0. The number of hydrogen-bond donors (Lipinski definition) is 0. The van der Waals surface area contributed by atoms with Gasteiger partial charge in [-0.2, -0.15) is 0 Å². The molecule has 0 unspecified atom stereocenters. The van der Waals surface area contributed by atoms with E-state index in [1.165, 1.54) is 6.08 Å². The maximum atomic E-state index is 9.92. The first kappa shape index (κ1) is 8.89. The smallest absolute Gasteiger partial charge is 0.143 e. The minimum Gasteiger partial charge on any atom is -0.299 e. The van der Waals surface area contributed by atoms with Crippen molar-refractivity contribution in [1.82, 2.24) is 0 Å². The summed E-state index contributed by atoms with van der Waals surface area (Å²) in [5.41, 5.74) is 0.966. The van der Waals surface area contributed by atoms with Crippen molar-refractivity contribution in [2.75, 3.05) is 0 Å². The van der Waals surface area contributed by atoms with Crippen LogP contribution in [0.1, 0.15) is 13.8 Å². The first-order valence-electron chi connectivity index (χ1n) is 3.22. The summed E-state index contributed by atoms with van der Waals surface area (Å²) in [4.78, 5) is 9.92. The zero-order valence-electron chi connectivity index (χ0n) is 6.37. The van der Waals surface area contributed by atoms with Gasteiger partial charge in [0.1, 0.15) is 6.29 Å². The molecule has 0 N–H and O–H groups in total. The van der Waals surface area contributed by atoms with Crippen LogP contribution < -0.4 is 0 Å². The highest BCUT2D eigenvalue weighted by Crippen LogP contribution is 1.92. The van der Waals surface area contributed by atoms with E-state index in [1.807, 2.05) is 38.2 Å². The largest absolute Gasteiger partial charge is 0.299 e. The Balaban J connectivity index is 3.88. The Labute approximate surface area is 61.8 Å². The fraction of sp³-hybridized carbons (Fsp3) is 0.222. The highest BCUT2D eigenvalue weighted by atomic mass is 16.1. The highest BCUT2D eigenvalue weighted by Gasteiger charge is 1.75. The van der Waals surface area contributed by atoms with Crippen molar-refractivity contribution < 1.29 is 4.79 Å². The zero-order valence-corrected chi connectivity index (χ0v) is 6.37. The molecule has 0 rings (SSSR count). The van der Waals surface area contributed by atoms with E-state index in [1.54, 1.807) is 0 Å². The molecule has 0 aromatic heterocycles. The molecule has 1 heteroatoms. The normalized spacial score (nSPS) is 13.2. The Bertz CT molecular complexity index is 173. The third-order valence-corrected chi connectivity index (χ3v) is 0.994. The molecule has 0 aromatic carbocycles. The molecule has 54 valence electrons. The van der Waals surface area contributed by atoms with E-state index in [0.29, 0.717) is 0 Å². The molecule has 0 radical (unpaired) electrons. The third kappa shape index (κ3) is 5.04. The van der Waals surface area contributed by atoms with Crippen molar-refractivity contribution in [3.8, 4) is 0 Å². The summed E-state index contributed by atoms with van der Waals surface area (Å²) >= 11 is 0. The van der Waals surface area contributed by atoms with Crippen molar-refractivity contribution >= 4 is 6.29 Å². The predicted octanol–water partition coefficient (Wildman–Crippen LogP) is 2.26. The van der Waals surface area contributed by atoms with E-state index in [-0.39, 0.29) is 0 Å². The maximum Gasteiger partial charge on any atom is 0.143 e. The Morgan fingerprint density at radius 1 is 1.30 bits per heavy atom. The molecule has 0 amide bonds. The first-order valence-corrected chi connectivity index (χ1v) is 3.22. The summed E-state index contributed by atoms with van der Waals surface area (Å²) < 4.78 is 0. The molecule has 0 aliphatic heterocycles. The molecular weight excluding hydrogens is 124 g/mol. The van der Waals surface area contributed by atoms with Gasteiger partial charge in [-0.3, -0.25) is 4.79 Å². The van der Waals surface area contributed by atoms with Crippen molar-refractivity contribution in [3.63, 3.8) is 0 Å². The molecule has 0 heterocycles. The van der Waals surface area contributed by atoms with Gasteiger partial charge in [0.05, 0.1) is 0 Å². The molecule has 0 spiro atoms. The lowest BCUT2D eigenvalue weighted by molar-refractivity contribution is -0.104.